The van der Waals surface area contributed by atoms with E-state index in [0.29, 0.717) is 11.3 Å². The van der Waals surface area contributed by atoms with Crippen LogP contribution in [-0.4, -0.2) is 9.97 Å². The van der Waals surface area contributed by atoms with Gasteiger partial charge in [-0.15, -0.1) is 0 Å². The molecule has 0 saturated heterocycles. The van der Waals surface area contributed by atoms with Crippen LogP contribution in [0.4, 0.5) is 5.69 Å². The van der Waals surface area contributed by atoms with E-state index < -0.39 is 0 Å². The van der Waals surface area contributed by atoms with Gasteiger partial charge in [0, 0.05) is 30.4 Å². The van der Waals surface area contributed by atoms with Gasteiger partial charge in [-0.05, 0) is 73.3 Å². The molecule has 0 aliphatic rings. The molecule has 4 nitrogen and oxygen atoms in total. The minimum atomic E-state index is 0.505. The van der Waals surface area contributed by atoms with Crippen molar-refractivity contribution < 1.29 is 0 Å². The highest BCUT2D eigenvalue weighted by molar-refractivity contribution is 6.23. The van der Waals surface area contributed by atoms with Crippen LogP contribution in [0.15, 0.2) is 97.6 Å². The molecule has 0 aliphatic heterocycles. The first-order valence-electron chi connectivity index (χ1n) is 10.8. The largest absolute Gasteiger partial charge is 0.276 e. The fraction of sp³-hybridized carbons (Fsp3) is 0. The maximum Gasteiger partial charge on any atom is 0.205 e. The van der Waals surface area contributed by atoms with E-state index in [9.17, 15) is 5.26 Å². The fourth-order valence-corrected chi connectivity index (χ4v) is 4.75. The quantitative estimate of drug-likeness (QED) is 0.208. The Morgan fingerprint density at radius 3 is 1.79 bits per heavy atom. The van der Waals surface area contributed by atoms with Gasteiger partial charge in [0.25, 0.3) is 0 Å². The first-order valence-corrected chi connectivity index (χ1v) is 10.8. The number of nitrogens with zero attached hydrogens (tertiary/aromatic N) is 4. The molecule has 0 N–H and O–H groups in total. The molecule has 0 aliphatic carbocycles. The van der Waals surface area contributed by atoms with Crippen molar-refractivity contribution in [3.63, 3.8) is 0 Å². The lowest BCUT2D eigenvalue weighted by Gasteiger charge is -2.18. The van der Waals surface area contributed by atoms with Gasteiger partial charge >= 0.3 is 0 Å². The number of benzene rings is 4. The van der Waals surface area contributed by atoms with Crippen LogP contribution in [0.2, 0.25) is 0 Å². The summed E-state index contributed by atoms with van der Waals surface area (Å²) >= 11 is 0. The van der Waals surface area contributed by atoms with Crippen molar-refractivity contribution in [2.24, 2.45) is 0 Å². The van der Waals surface area contributed by atoms with Crippen molar-refractivity contribution in [1.82, 2.24) is 9.97 Å². The van der Waals surface area contributed by atoms with Crippen LogP contribution >= 0.6 is 0 Å². The average molecular weight is 432 g/mol. The second kappa shape index (κ2) is 7.81. The normalized spacial score (nSPS) is 10.9. The fourth-order valence-electron chi connectivity index (χ4n) is 4.75. The van der Waals surface area contributed by atoms with Gasteiger partial charge in [0.05, 0.1) is 12.1 Å². The average Bonchev–Trinajstić information content (AvgIpc) is 2.90. The summed E-state index contributed by atoms with van der Waals surface area (Å²) in [6.07, 6.45) is 6.81. The Kier molecular flexibility index (Phi) is 4.51. The summed E-state index contributed by atoms with van der Waals surface area (Å²) in [6, 6.07) is 27.0. The first-order chi connectivity index (χ1) is 16.8. The minimum absolute atomic E-state index is 0.505. The second-order valence-corrected chi connectivity index (χ2v) is 8.16. The zero-order valence-electron chi connectivity index (χ0n) is 18.0. The number of rotatable bonds is 2. The van der Waals surface area contributed by atoms with Crippen LogP contribution in [0.1, 0.15) is 5.56 Å². The van der Waals surface area contributed by atoms with Crippen LogP contribution < -0.4 is 0 Å². The van der Waals surface area contributed by atoms with Gasteiger partial charge in [0.1, 0.15) is 6.07 Å². The van der Waals surface area contributed by atoms with Crippen molar-refractivity contribution in [1.29, 1.82) is 5.26 Å². The molecule has 2 heterocycles. The highest BCUT2D eigenvalue weighted by atomic mass is 14.7. The smallest absolute Gasteiger partial charge is 0.205 e. The summed E-state index contributed by atoms with van der Waals surface area (Å²) in [6.45, 7) is 7.47. The Morgan fingerprint density at radius 2 is 1.21 bits per heavy atom. The number of hydrogen-bond donors (Lipinski definition) is 0. The Bertz CT molecular complexity index is 1700. The van der Waals surface area contributed by atoms with Crippen LogP contribution in [0.3, 0.4) is 0 Å². The summed E-state index contributed by atoms with van der Waals surface area (Å²) in [5.74, 6) is 0. The van der Waals surface area contributed by atoms with E-state index >= 15 is 0 Å². The molecule has 0 fully saturated rings. The molecule has 0 amide bonds. The van der Waals surface area contributed by atoms with Gasteiger partial charge in [0.15, 0.2) is 0 Å². The van der Waals surface area contributed by atoms with Gasteiger partial charge < -0.3 is 0 Å². The summed E-state index contributed by atoms with van der Waals surface area (Å²) < 4.78 is 0. The Balaban J connectivity index is 1.86. The predicted molar refractivity (Wildman–Crippen MR) is 136 cm³/mol. The molecule has 6 rings (SSSR count). The van der Waals surface area contributed by atoms with Crippen molar-refractivity contribution in [2.45, 2.75) is 0 Å². The van der Waals surface area contributed by atoms with Crippen LogP contribution in [0.25, 0.3) is 59.4 Å². The van der Waals surface area contributed by atoms with E-state index in [1.165, 1.54) is 0 Å². The minimum Gasteiger partial charge on any atom is -0.276 e. The number of aromatic nitrogens is 2. The zero-order chi connectivity index (χ0) is 23.1. The summed E-state index contributed by atoms with van der Waals surface area (Å²) in [5, 5.41) is 16.0. The molecule has 4 heteroatoms. The molecule has 0 unspecified atom stereocenters. The van der Waals surface area contributed by atoms with Gasteiger partial charge in [-0.2, -0.15) is 5.26 Å². The zero-order valence-corrected chi connectivity index (χ0v) is 18.0. The van der Waals surface area contributed by atoms with E-state index in [1.54, 1.807) is 12.4 Å². The first kappa shape index (κ1) is 19.6. The molecule has 0 bridgehead atoms. The molecule has 0 spiro atoms. The van der Waals surface area contributed by atoms with E-state index in [1.807, 2.05) is 48.8 Å². The molecule has 156 valence electrons. The van der Waals surface area contributed by atoms with Crippen LogP contribution in [0.5, 0.6) is 0 Å². The predicted octanol–water partition coefficient (Wildman–Crippen LogP) is 7.69. The SMILES string of the molecule is [C-]#[N+]c1cncc(-c2c3ccccc3c(-c3cncc(C#N)c3)c3cc4ccccc4cc23)c1. The molecule has 6 aromatic rings. The molecule has 0 saturated carbocycles. The van der Waals surface area contributed by atoms with Gasteiger partial charge in [-0.25, -0.2) is 4.85 Å². The molecule has 0 radical (unpaired) electrons. The second-order valence-electron chi connectivity index (χ2n) is 8.16. The van der Waals surface area contributed by atoms with Gasteiger partial charge in [-0.3, -0.25) is 9.97 Å². The number of fused-ring (bicyclic) bond motifs is 3. The summed E-state index contributed by atoms with van der Waals surface area (Å²) in [7, 11) is 0. The van der Waals surface area contributed by atoms with Crippen molar-refractivity contribution in [3.8, 4) is 28.3 Å². The molecular weight excluding hydrogens is 416 g/mol. The highest BCUT2D eigenvalue weighted by Gasteiger charge is 2.18. The third-order valence-electron chi connectivity index (χ3n) is 6.19. The van der Waals surface area contributed by atoms with Crippen molar-refractivity contribution in [3.05, 3.63) is 115 Å². The Morgan fingerprint density at radius 1 is 0.647 bits per heavy atom. The summed E-state index contributed by atoms with van der Waals surface area (Å²) in [5.41, 5.74) is 4.91. The van der Waals surface area contributed by atoms with E-state index in [0.717, 1.165) is 54.6 Å². The third-order valence-corrected chi connectivity index (χ3v) is 6.19. The lowest BCUT2D eigenvalue weighted by atomic mass is 9.85. The molecule has 0 atom stereocenters. The number of pyridine rings is 2. The van der Waals surface area contributed by atoms with E-state index in [-0.39, 0.29) is 0 Å². The van der Waals surface area contributed by atoms with Crippen molar-refractivity contribution >= 4 is 38.0 Å². The lowest BCUT2D eigenvalue weighted by molar-refractivity contribution is 1.31. The third kappa shape index (κ3) is 3.06. The molecule has 34 heavy (non-hydrogen) atoms. The molecule has 2 aromatic heterocycles. The van der Waals surface area contributed by atoms with E-state index in [2.05, 4.69) is 57.3 Å². The monoisotopic (exact) mass is 432 g/mol. The van der Waals surface area contributed by atoms with Gasteiger partial charge in [0.2, 0.25) is 5.69 Å². The Labute approximate surface area is 196 Å². The lowest BCUT2D eigenvalue weighted by Crippen LogP contribution is -1.93. The van der Waals surface area contributed by atoms with Crippen molar-refractivity contribution in [2.75, 3.05) is 0 Å². The maximum atomic E-state index is 9.50. The number of nitriles is 1. The number of hydrogen-bond acceptors (Lipinski definition) is 3. The standard InChI is InChI=1S/C30H16N4/c1-32-24-11-23(17-34-18-24)30-26-9-5-4-8-25(26)29(22-10-19(14-31)15-33-16-22)27-12-20-6-2-3-7-21(20)13-28(27)30/h2-13,15-18H. The molecular formula is C30H16N4. The maximum absolute atomic E-state index is 9.50. The topological polar surface area (TPSA) is 53.9 Å². The van der Waals surface area contributed by atoms with Gasteiger partial charge in [-0.1, -0.05) is 48.5 Å². The molecule has 4 aromatic carbocycles. The Hall–Kier alpha value is -5.06. The van der Waals surface area contributed by atoms with Crippen LogP contribution in [0, 0.1) is 17.9 Å². The van der Waals surface area contributed by atoms with E-state index in [4.69, 9.17) is 6.57 Å². The highest BCUT2D eigenvalue weighted by Crippen LogP contribution is 2.45. The summed E-state index contributed by atoms with van der Waals surface area (Å²) in [4.78, 5) is 12.3. The van der Waals surface area contributed by atoms with Crippen LogP contribution in [-0.2, 0) is 0 Å².